The van der Waals surface area contributed by atoms with E-state index in [0.717, 1.165) is 16.9 Å². The Morgan fingerprint density at radius 3 is 2.23 bits per heavy atom. The second-order valence-electron chi connectivity index (χ2n) is 8.07. The Morgan fingerprint density at radius 1 is 0.971 bits per heavy atom. The van der Waals surface area contributed by atoms with Crippen LogP contribution in [0.4, 0.5) is 5.69 Å². The van der Waals surface area contributed by atoms with Gasteiger partial charge in [0.25, 0.3) is 0 Å². The molecule has 2 N–H and O–H groups in total. The number of amides is 3. The summed E-state index contributed by atoms with van der Waals surface area (Å²) in [5.74, 6) is -0.945. The third kappa shape index (κ3) is 4.21. The molecular weight excluding hydrogens is 490 g/mol. The molecule has 5 rings (SSSR count). The van der Waals surface area contributed by atoms with Crippen LogP contribution in [0.15, 0.2) is 58.4 Å². The quantitative estimate of drug-likeness (QED) is 0.489. The van der Waals surface area contributed by atoms with Crippen LogP contribution in [0.25, 0.3) is 0 Å². The van der Waals surface area contributed by atoms with E-state index in [4.69, 9.17) is 9.47 Å². The molecule has 3 heterocycles. The fourth-order valence-electron chi connectivity index (χ4n) is 4.36. The predicted octanol–water partition coefficient (Wildman–Crippen LogP) is 2.44. The maximum Gasteiger partial charge on any atom is 0.308 e. The van der Waals surface area contributed by atoms with Gasteiger partial charge >= 0.3 is 4.87 Å². The maximum absolute atomic E-state index is 13.0. The highest BCUT2D eigenvalue weighted by atomic mass is 32.2. The highest BCUT2D eigenvalue weighted by molar-refractivity contribution is 8.00. The molecule has 180 valence electrons. The fourth-order valence-corrected chi connectivity index (χ4v) is 7.10. The Morgan fingerprint density at radius 2 is 1.60 bits per heavy atom. The highest BCUT2D eigenvalue weighted by Crippen LogP contribution is 2.51. The molecule has 2 aliphatic rings. The molecule has 2 aromatic carbocycles. The van der Waals surface area contributed by atoms with Crippen LogP contribution < -0.4 is 25.0 Å². The number of aromatic nitrogens is 1. The Hall–Kier alpha value is -3.57. The number of benzene rings is 2. The Kier molecular flexibility index (Phi) is 6.12. The third-order valence-corrected chi connectivity index (χ3v) is 8.65. The molecule has 0 aliphatic carbocycles. The van der Waals surface area contributed by atoms with Gasteiger partial charge in [0.2, 0.25) is 17.7 Å². The summed E-state index contributed by atoms with van der Waals surface area (Å²) in [6.07, 6.45) is 0. The number of imide groups is 1. The topological polar surface area (TPSA) is 116 Å². The van der Waals surface area contributed by atoms with Crippen molar-refractivity contribution in [2.45, 2.75) is 22.7 Å². The molecule has 1 aromatic heterocycles. The summed E-state index contributed by atoms with van der Waals surface area (Å²) in [4.78, 5) is 51.5. The van der Waals surface area contributed by atoms with E-state index in [0.29, 0.717) is 27.1 Å². The van der Waals surface area contributed by atoms with Gasteiger partial charge in [-0.05, 0) is 42.0 Å². The molecule has 1 saturated heterocycles. The van der Waals surface area contributed by atoms with Gasteiger partial charge in [0.1, 0.15) is 23.3 Å². The van der Waals surface area contributed by atoms with Gasteiger partial charge in [-0.1, -0.05) is 35.2 Å². The minimum atomic E-state index is -0.688. The fraction of sp³-hybridized carbons (Fsp3) is 0.250. The summed E-state index contributed by atoms with van der Waals surface area (Å²) >= 11 is 2.17. The predicted molar refractivity (Wildman–Crippen MR) is 131 cm³/mol. The number of nitrogens with one attached hydrogen (secondary N) is 2. The van der Waals surface area contributed by atoms with Crippen molar-refractivity contribution in [1.29, 1.82) is 0 Å². The van der Waals surface area contributed by atoms with Gasteiger partial charge < -0.3 is 14.8 Å². The van der Waals surface area contributed by atoms with Crippen LogP contribution in [0.3, 0.4) is 0 Å². The Balaban J connectivity index is 1.49. The number of nitrogens with zero attached hydrogens (tertiary/aromatic N) is 1. The molecule has 35 heavy (non-hydrogen) atoms. The molecule has 0 bridgehead atoms. The Bertz CT molecular complexity index is 1360. The summed E-state index contributed by atoms with van der Waals surface area (Å²) < 4.78 is 11.7. The smallest absolute Gasteiger partial charge is 0.308 e. The highest BCUT2D eigenvalue weighted by Gasteiger charge is 2.52. The third-order valence-electron chi connectivity index (χ3n) is 6.04. The Labute approximate surface area is 208 Å². The van der Waals surface area contributed by atoms with Crippen molar-refractivity contribution in [3.05, 3.63) is 68.6 Å². The summed E-state index contributed by atoms with van der Waals surface area (Å²) in [5, 5.41) is 5.05. The van der Waals surface area contributed by atoms with E-state index in [-0.39, 0.29) is 29.1 Å². The minimum Gasteiger partial charge on any atom is -0.497 e. The standard InChI is InChI=1S/C24H21N3O6S2/c1-32-14-7-3-12(4-8-14)17-18-19(22(30)26-21(18)29)34-23-20(17)35-24(31)27(23)11-16(28)25-13-5-9-15(33-2)10-6-13/h3-10,17-19H,11H2,1-2H3,(H,25,28)(H,26,29,30)/t17-,18?,19?/m0/s1. The van der Waals surface area contributed by atoms with E-state index >= 15 is 0 Å². The van der Waals surface area contributed by atoms with E-state index < -0.39 is 17.1 Å². The van der Waals surface area contributed by atoms with E-state index in [1.54, 1.807) is 50.6 Å². The van der Waals surface area contributed by atoms with Gasteiger partial charge in [-0.25, -0.2) is 0 Å². The number of ether oxygens (including phenoxy) is 2. The average molecular weight is 512 g/mol. The van der Waals surface area contributed by atoms with E-state index in [1.165, 1.54) is 16.3 Å². The number of methoxy groups -OCH3 is 2. The number of rotatable bonds is 6. The number of carbonyl (C=O) groups is 3. The van der Waals surface area contributed by atoms with Gasteiger partial charge in [0, 0.05) is 16.5 Å². The lowest BCUT2D eigenvalue weighted by atomic mass is 9.83. The number of thioether (sulfide) groups is 1. The molecule has 9 nitrogen and oxygen atoms in total. The minimum absolute atomic E-state index is 0.216. The van der Waals surface area contributed by atoms with E-state index in [1.807, 2.05) is 12.1 Å². The second-order valence-corrected chi connectivity index (χ2v) is 10.2. The van der Waals surface area contributed by atoms with Crippen molar-refractivity contribution < 1.29 is 23.9 Å². The largest absolute Gasteiger partial charge is 0.497 e. The first-order valence-electron chi connectivity index (χ1n) is 10.7. The molecule has 3 atom stereocenters. The van der Waals surface area contributed by atoms with Crippen LogP contribution in [-0.4, -0.2) is 41.8 Å². The average Bonchev–Trinajstić information content (AvgIpc) is 3.33. The van der Waals surface area contributed by atoms with Crippen molar-refractivity contribution in [1.82, 2.24) is 9.88 Å². The molecular formula is C24H21N3O6S2. The van der Waals surface area contributed by atoms with Crippen LogP contribution in [-0.2, 0) is 20.9 Å². The summed E-state index contributed by atoms with van der Waals surface area (Å²) in [7, 11) is 3.12. The summed E-state index contributed by atoms with van der Waals surface area (Å²) in [6, 6.07) is 14.1. The lowest BCUT2D eigenvalue weighted by Gasteiger charge is -2.30. The van der Waals surface area contributed by atoms with Gasteiger partial charge in [-0.15, -0.1) is 0 Å². The molecule has 0 saturated carbocycles. The van der Waals surface area contributed by atoms with Crippen molar-refractivity contribution in [2.75, 3.05) is 19.5 Å². The molecule has 2 unspecified atom stereocenters. The van der Waals surface area contributed by atoms with Crippen LogP contribution in [0, 0.1) is 5.92 Å². The van der Waals surface area contributed by atoms with E-state index in [2.05, 4.69) is 10.6 Å². The molecule has 11 heteroatoms. The lowest BCUT2D eigenvalue weighted by Crippen LogP contribution is -2.32. The molecule has 3 aromatic rings. The molecule has 3 amide bonds. The first kappa shape index (κ1) is 23.2. The van der Waals surface area contributed by atoms with Gasteiger partial charge in [-0.3, -0.25) is 29.1 Å². The van der Waals surface area contributed by atoms with Crippen LogP contribution >= 0.6 is 23.1 Å². The van der Waals surface area contributed by atoms with Crippen LogP contribution in [0.5, 0.6) is 11.5 Å². The molecule has 0 radical (unpaired) electrons. The van der Waals surface area contributed by atoms with Crippen molar-refractivity contribution in [3.63, 3.8) is 0 Å². The van der Waals surface area contributed by atoms with E-state index in [9.17, 15) is 19.2 Å². The normalized spacial score (nSPS) is 20.6. The second kappa shape index (κ2) is 9.23. The zero-order valence-corrected chi connectivity index (χ0v) is 20.4. The SMILES string of the molecule is COc1ccc(NC(=O)Cn2c3c(sc2=O)[C@@H](c2ccc(OC)cc2)C2C(=O)NC(=O)C2S3)cc1. The number of hydrogen-bond donors (Lipinski definition) is 2. The monoisotopic (exact) mass is 511 g/mol. The van der Waals surface area contributed by atoms with Gasteiger partial charge in [0.05, 0.1) is 25.2 Å². The molecule has 1 fully saturated rings. The number of fused-ring (bicyclic) bond motifs is 2. The van der Waals surface area contributed by atoms with Gasteiger partial charge in [-0.2, -0.15) is 0 Å². The van der Waals surface area contributed by atoms with Crippen molar-refractivity contribution in [2.24, 2.45) is 5.92 Å². The number of hydrogen-bond acceptors (Lipinski definition) is 8. The summed E-state index contributed by atoms with van der Waals surface area (Å²) in [6.45, 7) is -0.216. The first-order chi connectivity index (χ1) is 16.9. The zero-order valence-electron chi connectivity index (χ0n) is 18.8. The molecule has 0 spiro atoms. The summed E-state index contributed by atoms with van der Waals surface area (Å²) in [5.41, 5.74) is 1.36. The van der Waals surface area contributed by atoms with Crippen LogP contribution in [0.2, 0.25) is 0 Å². The van der Waals surface area contributed by atoms with Crippen LogP contribution in [0.1, 0.15) is 16.4 Å². The lowest BCUT2D eigenvalue weighted by molar-refractivity contribution is -0.126. The van der Waals surface area contributed by atoms with Gasteiger partial charge in [0.15, 0.2) is 0 Å². The van der Waals surface area contributed by atoms with Crippen molar-refractivity contribution >= 4 is 46.5 Å². The van der Waals surface area contributed by atoms with Crippen molar-refractivity contribution in [3.8, 4) is 11.5 Å². The molecule has 2 aliphatic heterocycles. The first-order valence-corrected chi connectivity index (χ1v) is 12.4. The number of carbonyl (C=O) groups excluding carboxylic acids is 3. The number of thiazole rings is 1. The zero-order chi connectivity index (χ0) is 24.7. The number of anilines is 1. The maximum atomic E-state index is 13.0.